The highest BCUT2D eigenvalue weighted by Gasteiger charge is 2.03. The Labute approximate surface area is 131 Å². The number of nitrogens with zero attached hydrogens (tertiary/aromatic N) is 1. The van der Waals surface area contributed by atoms with Gasteiger partial charge in [0.25, 0.3) is 0 Å². The third kappa shape index (κ3) is 5.25. The van der Waals surface area contributed by atoms with Crippen LogP contribution >= 0.6 is 0 Å². The Bertz CT molecular complexity index is 732. The van der Waals surface area contributed by atoms with Gasteiger partial charge in [-0.3, -0.25) is 0 Å². The largest absolute Gasteiger partial charge is 0.435 e. The maximum absolute atomic E-state index is 12.0. The van der Waals surface area contributed by atoms with Crippen molar-refractivity contribution in [2.75, 3.05) is 0 Å². The molecule has 0 aliphatic carbocycles. The average Bonchev–Trinajstić information content (AvgIpc) is 2.54. The molecule has 23 heavy (non-hydrogen) atoms. The molecule has 0 unspecified atom stereocenters. The molecule has 4 nitrogen and oxygen atoms in total. The lowest BCUT2D eigenvalue weighted by molar-refractivity contribution is -0.128. The molecule has 0 saturated carbocycles. The number of hydrogen-bond acceptors (Lipinski definition) is 4. The van der Waals surface area contributed by atoms with Gasteiger partial charge in [0.15, 0.2) is 0 Å². The van der Waals surface area contributed by atoms with Crippen molar-refractivity contribution in [3.05, 3.63) is 65.7 Å². The van der Waals surface area contributed by atoms with E-state index in [0.717, 1.165) is 0 Å². The smallest absolute Gasteiger partial charge is 0.387 e. The summed E-state index contributed by atoms with van der Waals surface area (Å²) in [7, 11) is 0. The minimum Gasteiger partial charge on any atom is -0.435 e. The highest BCUT2D eigenvalue weighted by Crippen LogP contribution is 2.16. The molecule has 0 fully saturated rings. The number of carbonyl (C=O) groups excluding carboxylic acids is 1. The van der Waals surface area contributed by atoms with E-state index in [0.29, 0.717) is 16.9 Å². The number of carbonyl (C=O) groups is 1. The normalized spacial score (nSPS) is 10.5. The average molecular weight is 315 g/mol. The van der Waals surface area contributed by atoms with Gasteiger partial charge < -0.3 is 9.47 Å². The molecule has 0 heterocycles. The molecule has 0 aliphatic rings. The van der Waals surface area contributed by atoms with Gasteiger partial charge in [0.05, 0.1) is 11.6 Å². The number of rotatable bonds is 5. The number of ether oxygens (including phenoxy) is 2. The van der Waals surface area contributed by atoms with Gasteiger partial charge in [-0.15, -0.1) is 0 Å². The van der Waals surface area contributed by atoms with E-state index >= 15 is 0 Å². The van der Waals surface area contributed by atoms with E-state index in [9.17, 15) is 13.6 Å². The van der Waals surface area contributed by atoms with Crippen LogP contribution < -0.4 is 9.47 Å². The van der Waals surface area contributed by atoms with Gasteiger partial charge in [0.2, 0.25) is 0 Å². The van der Waals surface area contributed by atoms with E-state index in [1.54, 1.807) is 0 Å². The van der Waals surface area contributed by atoms with Crippen molar-refractivity contribution in [2.24, 2.45) is 0 Å². The monoisotopic (exact) mass is 315 g/mol. The standard InChI is InChI=1S/C17H11F2NO3/c18-17(19)23-15-6-1-12(2-7-15)5-10-16(21)22-14-8-3-13(11-20)4-9-14/h1-10,17H. The van der Waals surface area contributed by atoms with Crippen molar-refractivity contribution in [3.63, 3.8) is 0 Å². The third-order valence-electron chi connectivity index (χ3n) is 2.72. The number of halogens is 2. The number of hydrogen-bond donors (Lipinski definition) is 0. The van der Waals surface area contributed by atoms with Gasteiger partial charge in [-0.25, -0.2) is 4.79 Å². The van der Waals surface area contributed by atoms with Crippen LogP contribution in [0.15, 0.2) is 54.6 Å². The van der Waals surface area contributed by atoms with Gasteiger partial charge in [0, 0.05) is 6.08 Å². The van der Waals surface area contributed by atoms with Crippen LogP contribution in [0.1, 0.15) is 11.1 Å². The van der Waals surface area contributed by atoms with Crippen LogP contribution in [0.4, 0.5) is 8.78 Å². The van der Waals surface area contributed by atoms with Crippen LogP contribution in [0.5, 0.6) is 11.5 Å². The van der Waals surface area contributed by atoms with E-state index in [-0.39, 0.29) is 5.75 Å². The Balaban J connectivity index is 1.93. The summed E-state index contributed by atoms with van der Waals surface area (Å²) in [6, 6.07) is 13.9. The first-order chi connectivity index (χ1) is 11.1. The first kappa shape index (κ1) is 16.2. The molecule has 116 valence electrons. The summed E-state index contributed by atoms with van der Waals surface area (Å²) >= 11 is 0. The lowest BCUT2D eigenvalue weighted by atomic mass is 10.2. The SMILES string of the molecule is N#Cc1ccc(OC(=O)C=Cc2ccc(OC(F)F)cc2)cc1. The fourth-order valence-electron chi connectivity index (χ4n) is 1.67. The Morgan fingerprint density at radius 1 is 1.04 bits per heavy atom. The zero-order valence-corrected chi connectivity index (χ0v) is 11.8. The van der Waals surface area contributed by atoms with Gasteiger partial charge in [-0.2, -0.15) is 14.0 Å². The second kappa shape index (κ2) is 7.71. The van der Waals surface area contributed by atoms with Gasteiger partial charge in [-0.1, -0.05) is 12.1 Å². The lowest BCUT2D eigenvalue weighted by Crippen LogP contribution is -2.03. The fourth-order valence-corrected chi connectivity index (χ4v) is 1.67. The summed E-state index contributed by atoms with van der Waals surface area (Å²) in [6.45, 7) is -2.88. The van der Waals surface area contributed by atoms with Gasteiger partial charge >= 0.3 is 12.6 Å². The van der Waals surface area contributed by atoms with Crippen molar-refractivity contribution in [1.82, 2.24) is 0 Å². The molecule has 0 saturated heterocycles. The Hall–Kier alpha value is -3.20. The predicted molar refractivity (Wildman–Crippen MR) is 78.9 cm³/mol. The first-order valence-corrected chi connectivity index (χ1v) is 6.52. The predicted octanol–water partition coefficient (Wildman–Crippen LogP) is 3.78. The molecule has 2 rings (SSSR count). The number of benzene rings is 2. The number of esters is 1. The van der Waals surface area contributed by atoms with Crippen LogP contribution in [0.3, 0.4) is 0 Å². The summed E-state index contributed by atoms with van der Waals surface area (Å²) in [5.74, 6) is -0.237. The molecule has 0 aliphatic heterocycles. The first-order valence-electron chi connectivity index (χ1n) is 6.52. The Morgan fingerprint density at radius 3 is 2.22 bits per heavy atom. The Morgan fingerprint density at radius 2 is 1.65 bits per heavy atom. The molecule has 0 radical (unpaired) electrons. The zero-order valence-electron chi connectivity index (χ0n) is 11.8. The summed E-state index contributed by atoms with van der Waals surface area (Å²) in [6.07, 6.45) is 2.69. The van der Waals surface area contributed by atoms with Crippen LogP contribution in [0.25, 0.3) is 6.08 Å². The molecule has 0 atom stereocenters. The maximum atomic E-state index is 12.0. The molecular weight excluding hydrogens is 304 g/mol. The van der Waals surface area contributed by atoms with Crippen LogP contribution in [-0.2, 0) is 4.79 Å². The molecule has 2 aromatic rings. The molecule has 6 heteroatoms. The Kier molecular flexibility index (Phi) is 5.42. The second-order valence-electron chi connectivity index (χ2n) is 4.34. The molecule has 0 aromatic heterocycles. The van der Waals surface area contributed by atoms with E-state index in [4.69, 9.17) is 10.00 Å². The fraction of sp³-hybridized carbons (Fsp3) is 0.0588. The topological polar surface area (TPSA) is 59.3 Å². The number of nitriles is 1. The molecule has 0 bridgehead atoms. The molecule has 0 spiro atoms. The van der Waals surface area contributed by atoms with E-state index in [1.807, 2.05) is 6.07 Å². The molecular formula is C17H11F2NO3. The maximum Gasteiger partial charge on any atom is 0.387 e. The molecule has 2 aromatic carbocycles. The van der Waals surface area contributed by atoms with Gasteiger partial charge in [0.1, 0.15) is 11.5 Å². The number of alkyl halides is 2. The van der Waals surface area contributed by atoms with Crippen LogP contribution in [0.2, 0.25) is 0 Å². The van der Waals surface area contributed by atoms with Crippen LogP contribution in [-0.4, -0.2) is 12.6 Å². The minimum absolute atomic E-state index is 0.0392. The van der Waals surface area contributed by atoms with E-state index < -0.39 is 12.6 Å². The summed E-state index contributed by atoms with van der Waals surface area (Å²) in [5.41, 5.74) is 1.09. The zero-order chi connectivity index (χ0) is 16.7. The van der Waals surface area contributed by atoms with Crippen molar-refractivity contribution >= 4 is 12.0 Å². The summed E-state index contributed by atoms with van der Waals surface area (Å²) in [4.78, 5) is 11.7. The van der Waals surface area contributed by atoms with Crippen molar-refractivity contribution in [1.29, 1.82) is 5.26 Å². The second-order valence-corrected chi connectivity index (χ2v) is 4.34. The van der Waals surface area contributed by atoms with E-state index in [2.05, 4.69) is 4.74 Å². The van der Waals surface area contributed by atoms with E-state index in [1.165, 1.54) is 60.7 Å². The van der Waals surface area contributed by atoms with Crippen molar-refractivity contribution < 1.29 is 23.0 Å². The third-order valence-corrected chi connectivity index (χ3v) is 2.72. The molecule has 0 amide bonds. The lowest BCUT2D eigenvalue weighted by Gasteiger charge is -2.04. The quantitative estimate of drug-likeness (QED) is 0.478. The highest BCUT2D eigenvalue weighted by molar-refractivity contribution is 5.88. The highest BCUT2D eigenvalue weighted by atomic mass is 19.3. The minimum atomic E-state index is -2.88. The molecule has 0 N–H and O–H groups in total. The summed E-state index contributed by atoms with van der Waals surface area (Å²) in [5, 5.41) is 8.67. The summed E-state index contributed by atoms with van der Waals surface area (Å²) < 4.78 is 33.3. The van der Waals surface area contributed by atoms with Crippen LogP contribution in [0, 0.1) is 11.3 Å². The van der Waals surface area contributed by atoms with Crippen molar-refractivity contribution in [3.8, 4) is 17.6 Å². The van der Waals surface area contributed by atoms with Gasteiger partial charge in [-0.05, 0) is 48.0 Å². The van der Waals surface area contributed by atoms with Crippen molar-refractivity contribution in [2.45, 2.75) is 6.61 Å².